The van der Waals surface area contributed by atoms with Crippen LogP contribution in [0.3, 0.4) is 0 Å². The average molecular weight is 284 g/mol. The van der Waals surface area contributed by atoms with Crippen LogP contribution in [0.25, 0.3) is 0 Å². The first-order valence-corrected chi connectivity index (χ1v) is 7.00. The lowest BCUT2D eigenvalue weighted by atomic mass is 10.2. The maximum Gasteiger partial charge on any atom is 0.316 e. The maximum absolute atomic E-state index is 11.1. The van der Waals surface area contributed by atoms with Crippen LogP contribution in [0, 0.1) is 6.92 Å². The molecule has 1 rings (SSSR count). The minimum absolute atomic E-state index is 0.239. The molecule has 1 aromatic heterocycles. The molecule has 1 heterocycles. The van der Waals surface area contributed by atoms with Gasteiger partial charge in [-0.25, -0.2) is 4.98 Å². The van der Waals surface area contributed by atoms with Crippen molar-refractivity contribution in [2.24, 2.45) is 0 Å². The summed E-state index contributed by atoms with van der Waals surface area (Å²) in [6.45, 7) is 4.26. The van der Waals surface area contributed by atoms with Gasteiger partial charge in [-0.15, -0.1) is 0 Å². The van der Waals surface area contributed by atoms with Crippen molar-refractivity contribution in [2.75, 3.05) is 33.1 Å². The third-order valence-corrected chi connectivity index (χ3v) is 3.53. The summed E-state index contributed by atoms with van der Waals surface area (Å²) in [5, 5.41) is 4.13. The van der Waals surface area contributed by atoms with E-state index < -0.39 is 0 Å². The van der Waals surface area contributed by atoms with E-state index in [4.69, 9.17) is 4.74 Å². The molecule has 1 N–H and O–H groups in total. The van der Waals surface area contributed by atoms with Gasteiger partial charge in [-0.1, -0.05) is 17.8 Å². The number of nitrogens with zero attached hydrogens (tertiary/aromatic N) is 1. The van der Waals surface area contributed by atoms with E-state index in [9.17, 15) is 4.79 Å². The van der Waals surface area contributed by atoms with E-state index in [2.05, 4.69) is 21.1 Å². The third kappa shape index (κ3) is 6.04. The molecule has 0 unspecified atom stereocenters. The molecule has 0 aromatic carbocycles. The van der Waals surface area contributed by atoms with E-state index in [1.165, 1.54) is 18.9 Å². The number of carbonyl (C=O) groups is 1. The van der Waals surface area contributed by atoms with E-state index in [0.717, 1.165) is 29.2 Å². The molecule has 0 radical (unpaired) electrons. The molecule has 19 heavy (non-hydrogen) atoms. The number of aromatic nitrogens is 1. The Morgan fingerprint density at radius 1 is 1.47 bits per heavy atom. The van der Waals surface area contributed by atoms with Crippen LogP contribution < -0.4 is 5.32 Å². The summed E-state index contributed by atoms with van der Waals surface area (Å²) in [7, 11) is 3.07. The standard InChI is InChI=1S/C13H20N2O3S/c1-10-6-11(7-14-4-5-17-2)8-15-13(10)19-9-12(16)18-3/h6,8,14H,4-5,7,9H2,1-3H3. The van der Waals surface area contributed by atoms with Crippen molar-refractivity contribution in [1.29, 1.82) is 0 Å². The second-order valence-corrected chi connectivity index (χ2v) is 4.96. The lowest BCUT2D eigenvalue weighted by molar-refractivity contribution is -0.137. The second kappa shape index (κ2) is 8.90. The third-order valence-electron chi connectivity index (χ3n) is 2.45. The molecule has 0 fully saturated rings. The van der Waals surface area contributed by atoms with E-state index in [-0.39, 0.29) is 11.7 Å². The van der Waals surface area contributed by atoms with Gasteiger partial charge in [0.2, 0.25) is 0 Å². The Morgan fingerprint density at radius 3 is 2.89 bits per heavy atom. The van der Waals surface area contributed by atoms with Gasteiger partial charge in [0.05, 0.1) is 24.5 Å². The van der Waals surface area contributed by atoms with E-state index in [0.29, 0.717) is 6.61 Å². The number of ether oxygens (including phenoxy) is 2. The summed E-state index contributed by atoms with van der Waals surface area (Å²) >= 11 is 1.39. The molecule has 0 saturated heterocycles. The van der Waals surface area contributed by atoms with Gasteiger partial charge in [-0.05, 0) is 18.1 Å². The van der Waals surface area contributed by atoms with Gasteiger partial charge in [0.25, 0.3) is 0 Å². The van der Waals surface area contributed by atoms with Crippen LogP contribution in [0.2, 0.25) is 0 Å². The van der Waals surface area contributed by atoms with Gasteiger partial charge in [0.1, 0.15) is 0 Å². The first kappa shape index (κ1) is 15.9. The number of rotatable bonds is 8. The molecule has 0 aliphatic carbocycles. The van der Waals surface area contributed by atoms with Gasteiger partial charge in [0.15, 0.2) is 0 Å². The SMILES string of the molecule is COCCNCc1cnc(SCC(=O)OC)c(C)c1. The molecule has 1 aromatic rings. The number of esters is 1. The Kier molecular flexibility index (Phi) is 7.47. The number of methoxy groups -OCH3 is 2. The van der Waals surface area contributed by atoms with Gasteiger partial charge in [-0.2, -0.15) is 0 Å². The maximum atomic E-state index is 11.1. The highest BCUT2D eigenvalue weighted by molar-refractivity contribution is 7.99. The van der Waals surface area contributed by atoms with Crippen LogP contribution in [0.5, 0.6) is 0 Å². The highest BCUT2D eigenvalue weighted by Gasteiger charge is 2.06. The molecule has 0 saturated carbocycles. The molecule has 0 amide bonds. The first-order chi connectivity index (χ1) is 9.17. The summed E-state index contributed by atoms with van der Waals surface area (Å²) in [5.74, 6) is 0.0481. The van der Waals surface area contributed by atoms with E-state index in [1.807, 2.05) is 13.1 Å². The van der Waals surface area contributed by atoms with Crippen LogP contribution >= 0.6 is 11.8 Å². The fourth-order valence-corrected chi connectivity index (χ4v) is 2.25. The van der Waals surface area contributed by atoms with Crippen LogP contribution in [0.4, 0.5) is 0 Å². The Balaban J connectivity index is 2.47. The van der Waals surface area contributed by atoms with Crippen molar-refractivity contribution in [3.8, 4) is 0 Å². The summed E-state index contributed by atoms with van der Waals surface area (Å²) in [4.78, 5) is 15.4. The molecule has 0 aliphatic heterocycles. The number of hydrogen-bond acceptors (Lipinski definition) is 6. The molecular weight excluding hydrogens is 264 g/mol. The average Bonchev–Trinajstić information content (AvgIpc) is 2.42. The summed E-state index contributed by atoms with van der Waals surface area (Å²) in [5.41, 5.74) is 2.19. The normalized spacial score (nSPS) is 10.5. The summed E-state index contributed by atoms with van der Waals surface area (Å²) < 4.78 is 9.56. The predicted octanol–water partition coefficient (Wildman–Crippen LogP) is 1.39. The van der Waals surface area contributed by atoms with Crippen molar-refractivity contribution in [2.45, 2.75) is 18.5 Å². The number of nitrogens with one attached hydrogen (secondary N) is 1. The number of pyridine rings is 1. The lowest BCUT2D eigenvalue weighted by Gasteiger charge is -2.08. The molecular formula is C13H20N2O3S. The Labute approximate surface area is 118 Å². The zero-order valence-corrected chi connectivity index (χ0v) is 12.4. The van der Waals surface area contributed by atoms with Crippen LogP contribution in [0.15, 0.2) is 17.3 Å². The minimum atomic E-state index is -0.239. The number of aryl methyl sites for hydroxylation is 1. The molecule has 0 aliphatic rings. The molecule has 0 spiro atoms. The van der Waals surface area contributed by atoms with Crippen LogP contribution in [0.1, 0.15) is 11.1 Å². The van der Waals surface area contributed by atoms with Crippen molar-refractivity contribution < 1.29 is 14.3 Å². The predicted molar refractivity (Wildman–Crippen MR) is 75.3 cm³/mol. The largest absolute Gasteiger partial charge is 0.468 e. The van der Waals surface area contributed by atoms with Crippen LogP contribution in [-0.2, 0) is 20.8 Å². The van der Waals surface area contributed by atoms with Crippen molar-refractivity contribution in [3.63, 3.8) is 0 Å². The molecule has 106 valence electrons. The summed E-state index contributed by atoms with van der Waals surface area (Å²) in [6, 6.07) is 2.08. The fraction of sp³-hybridized carbons (Fsp3) is 0.538. The fourth-order valence-electron chi connectivity index (χ4n) is 1.46. The number of carbonyl (C=O) groups excluding carboxylic acids is 1. The topological polar surface area (TPSA) is 60.5 Å². The molecule has 0 bridgehead atoms. The minimum Gasteiger partial charge on any atom is -0.468 e. The van der Waals surface area contributed by atoms with E-state index >= 15 is 0 Å². The van der Waals surface area contributed by atoms with Crippen LogP contribution in [-0.4, -0.2) is 44.1 Å². The van der Waals surface area contributed by atoms with Crippen molar-refractivity contribution in [3.05, 3.63) is 23.4 Å². The molecule has 6 heteroatoms. The Morgan fingerprint density at radius 2 is 2.26 bits per heavy atom. The zero-order chi connectivity index (χ0) is 14.1. The number of thioether (sulfide) groups is 1. The van der Waals surface area contributed by atoms with Gasteiger partial charge in [0, 0.05) is 26.4 Å². The van der Waals surface area contributed by atoms with E-state index in [1.54, 1.807) is 7.11 Å². The number of hydrogen-bond donors (Lipinski definition) is 1. The smallest absolute Gasteiger partial charge is 0.316 e. The quantitative estimate of drug-likeness (QED) is 0.442. The molecule has 0 atom stereocenters. The van der Waals surface area contributed by atoms with Crippen molar-refractivity contribution in [1.82, 2.24) is 10.3 Å². The van der Waals surface area contributed by atoms with Gasteiger partial charge < -0.3 is 14.8 Å². The van der Waals surface area contributed by atoms with Gasteiger partial charge in [-0.3, -0.25) is 4.79 Å². The van der Waals surface area contributed by atoms with Gasteiger partial charge >= 0.3 is 5.97 Å². The Bertz CT molecular complexity index is 413. The zero-order valence-electron chi connectivity index (χ0n) is 11.6. The highest BCUT2D eigenvalue weighted by Crippen LogP contribution is 2.20. The molecule has 5 nitrogen and oxygen atoms in total. The lowest BCUT2D eigenvalue weighted by Crippen LogP contribution is -2.18. The second-order valence-electron chi connectivity index (χ2n) is 4.00. The monoisotopic (exact) mass is 284 g/mol. The highest BCUT2D eigenvalue weighted by atomic mass is 32.2. The first-order valence-electron chi connectivity index (χ1n) is 6.02. The van der Waals surface area contributed by atoms with Crippen molar-refractivity contribution >= 4 is 17.7 Å². The Hall–Kier alpha value is -1.11. The summed E-state index contributed by atoms with van der Waals surface area (Å²) in [6.07, 6.45) is 1.83.